The molecule has 4 aromatic rings. The summed E-state index contributed by atoms with van der Waals surface area (Å²) in [7, 11) is 0. The Morgan fingerprint density at radius 2 is 0.902 bits per heavy atom. The molecule has 41 heavy (non-hydrogen) atoms. The van der Waals surface area contributed by atoms with Gasteiger partial charge in [-0.2, -0.15) is 0 Å². The van der Waals surface area contributed by atoms with Gasteiger partial charge in [0.15, 0.2) is 0 Å². The molecule has 0 unspecified atom stereocenters. The van der Waals surface area contributed by atoms with Crippen LogP contribution in [0.25, 0.3) is 0 Å². The highest BCUT2D eigenvalue weighted by molar-refractivity contribution is 6.02. The number of hydrogen-bond donors (Lipinski definition) is 4. The van der Waals surface area contributed by atoms with E-state index in [1.54, 1.807) is 36.4 Å². The maximum absolute atomic E-state index is 11.5. The molecule has 0 heterocycles. The van der Waals surface area contributed by atoms with E-state index in [9.17, 15) is 39.6 Å². The topological polar surface area (TPSA) is 168 Å². The molecule has 0 spiro atoms. The van der Waals surface area contributed by atoms with Gasteiger partial charge in [0.25, 0.3) is 0 Å². The molecule has 0 aromatic heterocycles. The lowest BCUT2D eigenvalue weighted by molar-refractivity contribution is 0.0651. The molecule has 0 atom stereocenters. The van der Waals surface area contributed by atoms with Gasteiger partial charge in [0.1, 0.15) is 23.0 Å². The van der Waals surface area contributed by atoms with E-state index >= 15 is 0 Å². The summed E-state index contributed by atoms with van der Waals surface area (Å²) in [4.78, 5) is 45.7. The van der Waals surface area contributed by atoms with E-state index in [-0.39, 0.29) is 39.7 Å². The summed E-state index contributed by atoms with van der Waals surface area (Å²) in [5.41, 5.74) is 0.320. The number of hydrogen-bond acceptors (Lipinski definition) is 6. The van der Waals surface area contributed by atoms with Crippen molar-refractivity contribution < 1.29 is 49.1 Å². The molecule has 0 aliphatic rings. The van der Waals surface area contributed by atoms with Crippen molar-refractivity contribution in [1.29, 1.82) is 0 Å². The Morgan fingerprint density at radius 3 is 1.24 bits per heavy atom. The van der Waals surface area contributed by atoms with Gasteiger partial charge in [0.05, 0.1) is 22.3 Å². The van der Waals surface area contributed by atoms with Gasteiger partial charge in [-0.1, -0.05) is 31.2 Å². The summed E-state index contributed by atoms with van der Waals surface area (Å²) in [6, 6.07) is 21.9. The SMILES string of the molecule is CCC(c1cccc(Oc2ccc(C(=O)O)c(C(=O)O)c2)c1)c1cccc(Oc2ccc(C(=O)O)c(C(=O)O)c2)c1. The molecule has 0 aliphatic carbocycles. The molecule has 10 nitrogen and oxygen atoms in total. The van der Waals surface area contributed by atoms with E-state index in [1.165, 1.54) is 24.3 Å². The molecule has 0 radical (unpaired) electrons. The van der Waals surface area contributed by atoms with E-state index in [4.69, 9.17) is 9.47 Å². The normalized spacial score (nSPS) is 10.7. The van der Waals surface area contributed by atoms with Crippen LogP contribution in [0.15, 0.2) is 84.9 Å². The Labute approximate surface area is 233 Å². The molecule has 0 bridgehead atoms. The Bertz CT molecular complexity index is 1540. The summed E-state index contributed by atoms with van der Waals surface area (Å²) in [5, 5.41) is 37.3. The van der Waals surface area contributed by atoms with Crippen LogP contribution in [0.4, 0.5) is 0 Å². The van der Waals surface area contributed by atoms with Crippen molar-refractivity contribution in [3.63, 3.8) is 0 Å². The lowest BCUT2D eigenvalue weighted by Crippen LogP contribution is -2.08. The minimum atomic E-state index is -1.38. The minimum Gasteiger partial charge on any atom is -0.478 e. The van der Waals surface area contributed by atoms with Gasteiger partial charge in [-0.15, -0.1) is 0 Å². The fourth-order valence-corrected chi connectivity index (χ4v) is 4.43. The Balaban J connectivity index is 1.59. The lowest BCUT2D eigenvalue weighted by Gasteiger charge is -2.18. The van der Waals surface area contributed by atoms with Crippen LogP contribution >= 0.6 is 0 Å². The fraction of sp³-hybridized carbons (Fsp3) is 0.0968. The highest BCUT2D eigenvalue weighted by atomic mass is 16.5. The first-order chi connectivity index (χ1) is 19.6. The first-order valence-electron chi connectivity index (χ1n) is 12.3. The lowest BCUT2D eigenvalue weighted by atomic mass is 9.89. The van der Waals surface area contributed by atoms with Crippen molar-refractivity contribution in [3.05, 3.63) is 118 Å². The maximum atomic E-state index is 11.5. The first kappa shape index (κ1) is 28.4. The van der Waals surface area contributed by atoms with Crippen molar-refractivity contribution in [2.24, 2.45) is 0 Å². The second kappa shape index (κ2) is 12.0. The molecule has 0 saturated carbocycles. The number of carboxylic acids is 4. The molecule has 208 valence electrons. The van der Waals surface area contributed by atoms with Gasteiger partial charge < -0.3 is 29.9 Å². The molecule has 0 saturated heterocycles. The van der Waals surface area contributed by atoms with Crippen LogP contribution in [0.2, 0.25) is 0 Å². The molecule has 0 aliphatic heterocycles. The number of carboxylic acid groups (broad SMARTS) is 4. The zero-order chi connectivity index (χ0) is 29.7. The zero-order valence-corrected chi connectivity index (χ0v) is 21.6. The van der Waals surface area contributed by atoms with Gasteiger partial charge in [-0.25, -0.2) is 19.2 Å². The third-order valence-electron chi connectivity index (χ3n) is 6.30. The van der Waals surface area contributed by atoms with Gasteiger partial charge >= 0.3 is 23.9 Å². The third kappa shape index (κ3) is 6.51. The molecule has 4 rings (SSSR count). The molecule has 4 N–H and O–H groups in total. The average molecular weight is 557 g/mol. The highest BCUT2D eigenvalue weighted by Gasteiger charge is 2.19. The Hall–Kier alpha value is -5.64. The second-order valence-electron chi connectivity index (χ2n) is 8.95. The van der Waals surface area contributed by atoms with Crippen LogP contribution in [-0.4, -0.2) is 44.3 Å². The molecule has 0 fully saturated rings. The summed E-state index contributed by atoms with van der Waals surface area (Å²) in [6.07, 6.45) is 0.694. The van der Waals surface area contributed by atoms with Gasteiger partial charge in [0, 0.05) is 5.92 Å². The van der Waals surface area contributed by atoms with Crippen LogP contribution in [0.5, 0.6) is 23.0 Å². The van der Waals surface area contributed by atoms with E-state index < -0.39 is 23.9 Å². The van der Waals surface area contributed by atoms with Crippen LogP contribution in [-0.2, 0) is 0 Å². The van der Waals surface area contributed by atoms with Gasteiger partial charge in [-0.05, 0) is 78.2 Å². The molecule has 0 amide bonds. The quantitative estimate of drug-likeness (QED) is 0.158. The van der Waals surface area contributed by atoms with Gasteiger partial charge in [0.2, 0.25) is 0 Å². The van der Waals surface area contributed by atoms with E-state index in [2.05, 4.69) is 0 Å². The summed E-state index contributed by atoms with van der Waals surface area (Å²) >= 11 is 0. The largest absolute Gasteiger partial charge is 0.478 e. The Kier molecular flexibility index (Phi) is 8.33. The summed E-state index contributed by atoms with van der Waals surface area (Å²) < 4.78 is 11.7. The number of ether oxygens (including phenoxy) is 2. The number of aromatic carboxylic acids is 4. The van der Waals surface area contributed by atoms with Crippen LogP contribution in [0, 0.1) is 0 Å². The van der Waals surface area contributed by atoms with Crippen LogP contribution < -0.4 is 9.47 Å². The Morgan fingerprint density at radius 1 is 0.537 bits per heavy atom. The van der Waals surface area contributed by atoms with Crippen LogP contribution in [0.3, 0.4) is 0 Å². The van der Waals surface area contributed by atoms with Crippen molar-refractivity contribution in [3.8, 4) is 23.0 Å². The van der Waals surface area contributed by atoms with Crippen molar-refractivity contribution in [1.82, 2.24) is 0 Å². The van der Waals surface area contributed by atoms with Gasteiger partial charge in [-0.3, -0.25) is 0 Å². The highest BCUT2D eigenvalue weighted by Crippen LogP contribution is 2.34. The number of benzene rings is 4. The smallest absolute Gasteiger partial charge is 0.336 e. The standard InChI is InChI=1S/C31H24O10/c1-2-23(17-5-3-7-19(13-17)40-21-9-11-24(28(32)33)26(15-21)30(36)37)18-6-4-8-20(14-18)41-22-10-12-25(29(34)35)27(16-22)31(38)39/h3-16,23H,2H2,1H3,(H,32,33)(H,34,35)(H,36,37)(H,38,39). The molecule has 10 heteroatoms. The molecular weight excluding hydrogens is 532 g/mol. The van der Waals surface area contributed by atoms with E-state index in [0.29, 0.717) is 17.9 Å². The molecular formula is C31H24O10. The number of carbonyl (C=O) groups is 4. The minimum absolute atomic E-state index is 0.102. The predicted octanol–water partition coefficient (Wildman–Crippen LogP) is 6.61. The monoisotopic (exact) mass is 556 g/mol. The zero-order valence-electron chi connectivity index (χ0n) is 21.6. The van der Waals surface area contributed by atoms with Crippen molar-refractivity contribution in [2.75, 3.05) is 0 Å². The molecule has 4 aromatic carbocycles. The van der Waals surface area contributed by atoms with Crippen molar-refractivity contribution in [2.45, 2.75) is 19.3 Å². The van der Waals surface area contributed by atoms with E-state index in [1.807, 2.05) is 19.1 Å². The first-order valence-corrected chi connectivity index (χ1v) is 12.3. The fourth-order valence-electron chi connectivity index (χ4n) is 4.43. The van der Waals surface area contributed by atoms with Crippen LogP contribution in [0.1, 0.15) is 71.8 Å². The second-order valence-corrected chi connectivity index (χ2v) is 8.95. The van der Waals surface area contributed by atoms with Crippen molar-refractivity contribution >= 4 is 23.9 Å². The average Bonchev–Trinajstić information content (AvgIpc) is 2.93. The third-order valence-corrected chi connectivity index (χ3v) is 6.30. The van der Waals surface area contributed by atoms with E-state index in [0.717, 1.165) is 23.3 Å². The summed E-state index contributed by atoms with van der Waals surface area (Å²) in [5.74, 6) is -4.39. The maximum Gasteiger partial charge on any atom is 0.336 e. The summed E-state index contributed by atoms with van der Waals surface area (Å²) in [6.45, 7) is 2.00. The number of rotatable bonds is 11. The predicted molar refractivity (Wildman–Crippen MR) is 146 cm³/mol.